The Hall–Kier alpha value is -7.86. The van der Waals surface area contributed by atoms with Gasteiger partial charge in [-0.05, 0) is 51.5 Å². The Labute approximate surface area is 364 Å². The van der Waals surface area contributed by atoms with Gasteiger partial charge in [-0.15, -0.1) is 0 Å². The predicted octanol–water partition coefficient (Wildman–Crippen LogP) is 8.79. The molecule has 0 fully saturated rings. The molecule has 15 heteroatoms. The Balaban J connectivity index is 0.000000170. The van der Waals surface area contributed by atoms with Gasteiger partial charge in [0.05, 0.1) is 48.0 Å². The number of halogens is 1. The third-order valence-corrected chi connectivity index (χ3v) is 11.1. The monoisotopic (exact) mass is 842 g/mol. The van der Waals surface area contributed by atoms with Gasteiger partial charge in [0.2, 0.25) is 0 Å². The van der Waals surface area contributed by atoms with Crippen LogP contribution in [0.5, 0.6) is 11.5 Å². The highest BCUT2D eigenvalue weighted by atomic mass is 19.1. The standard InChI is InChI=1S/C24H19FN6O.C23H24N6O.CH4/c1-13-3-4-18-19(5-13)14(2)32-21-7-15(9-29-24(21)27)23-20(8-26)30-12-31(23)11-16-6-17(25)10-28-22(16)18;1-4-29-22-15(11-26-29)8-17-12-28(3)27-21(17)19-6-5-14(2)7-18(19)13-30-20-9-16(22)10-25-23(20)24;/h3-7,9-10,12,14H,11H2,1-2H3,(H2,27,29);5-7,9-12H,4,8,13H2,1-3H3,(H2,24,25);1H4/t14-;;/m1../s1. The number of nitrogen functional groups attached to an aromatic ring is 2. The van der Waals surface area contributed by atoms with Crippen LogP contribution in [0.15, 0.2) is 91.9 Å². The Morgan fingerprint density at radius 1 is 0.810 bits per heavy atom. The van der Waals surface area contributed by atoms with E-state index in [1.807, 2.05) is 60.7 Å². The number of fused-ring (bicyclic) bond motifs is 14. The summed E-state index contributed by atoms with van der Waals surface area (Å²) < 4.78 is 32.3. The maximum atomic E-state index is 14.2. The van der Waals surface area contributed by atoms with E-state index in [0.717, 1.165) is 68.9 Å². The summed E-state index contributed by atoms with van der Waals surface area (Å²) >= 11 is 0. The molecule has 0 aliphatic carbocycles. The van der Waals surface area contributed by atoms with Crippen molar-refractivity contribution < 1.29 is 13.9 Å². The summed E-state index contributed by atoms with van der Waals surface area (Å²) in [6, 6.07) is 19.7. The molecule has 318 valence electrons. The Bertz CT molecular complexity index is 3070. The zero-order valence-electron chi connectivity index (χ0n) is 34.9. The summed E-state index contributed by atoms with van der Waals surface area (Å²) in [5.41, 5.74) is 26.3. The van der Waals surface area contributed by atoms with Crippen molar-refractivity contribution in [3.05, 3.63) is 142 Å². The van der Waals surface area contributed by atoms with E-state index in [9.17, 15) is 9.65 Å². The molecule has 0 unspecified atom stereocenters. The second kappa shape index (κ2) is 16.9. The lowest BCUT2D eigenvalue weighted by molar-refractivity contribution is 0.228. The summed E-state index contributed by atoms with van der Waals surface area (Å²) in [7, 11) is 1.96. The second-order valence-electron chi connectivity index (χ2n) is 15.5. The SMILES string of the molecule is C.CCn1ncc2c1-c1cnc(N)c(c1)OCc1cc(C)ccc1-c1nn(C)cc1C2.Cc1ccc2c(c1)[C@@H](C)Oc1cc(cnc1N)-c1c(C#N)ncn1Cc1cc(F)cnc1-2. The molecule has 4 bridgehead atoms. The topological polar surface area (TPSA) is 186 Å². The molecule has 0 radical (unpaired) electrons. The van der Waals surface area contributed by atoms with E-state index in [4.69, 9.17) is 26.0 Å². The van der Waals surface area contributed by atoms with Crippen LogP contribution in [0.1, 0.15) is 72.0 Å². The molecular weight excluding hydrogens is 796 g/mol. The molecule has 14 nitrogen and oxygen atoms in total. The molecule has 2 aromatic carbocycles. The quantitative estimate of drug-likeness (QED) is 0.161. The fourth-order valence-electron chi connectivity index (χ4n) is 8.24. The first-order valence-corrected chi connectivity index (χ1v) is 20.2. The molecule has 2 aliphatic rings. The zero-order chi connectivity index (χ0) is 43.2. The molecule has 6 aromatic heterocycles. The van der Waals surface area contributed by atoms with E-state index in [1.54, 1.807) is 29.4 Å². The van der Waals surface area contributed by atoms with Crippen LogP contribution >= 0.6 is 0 Å². The average molecular weight is 843 g/mol. The number of anilines is 2. The van der Waals surface area contributed by atoms with Gasteiger partial charge in [0.25, 0.3) is 0 Å². The van der Waals surface area contributed by atoms with E-state index in [-0.39, 0.29) is 31.6 Å². The number of rotatable bonds is 1. The molecule has 2 aliphatic heterocycles. The van der Waals surface area contributed by atoms with Crippen molar-refractivity contribution in [2.45, 2.75) is 67.3 Å². The zero-order valence-corrected chi connectivity index (χ0v) is 34.9. The summed E-state index contributed by atoms with van der Waals surface area (Å²) in [6.45, 7) is 9.51. The summed E-state index contributed by atoms with van der Waals surface area (Å²) in [5, 5.41) is 19.0. The summed E-state index contributed by atoms with van der Waals surface area (Å²) in [4.78, 5) is 17.3. The summed E-state index contributed by atoms with van der Waals surface area (Å²) in [5.74, 6) is 1.18. The van der Waals surface area contributed by atoms with Crippen LogP contribution in [0.2, 0.25) is 0 Å². The maximum absolute atomic E-state index is 14.2. The Kier molecular flexibility index (Phi) is 11.2. The molecule has 63 heavy (non-hydrogen) atoms. The van der Waals surface area contributed by atoms with E-state index >= 15 is 0 Å². The number of pyridine rings is 3. The van der Waals surface area contributed by atoms with E-state index < -0.39 is 5.82 Å². The van der Waals surface area contributed by atoms with Crippen LogP contribution in [-0.4, -0.2) is 44.1 Å². The van der Waals surface area contributed by atoms with E-state index in [0.29, 0.717) is 46.4 Å². The van der Waals surface area contributed by atoms with Crippen LogP contribution in [0, 0.1) is 31.0 Å². The number of aryl methyl sites for hydroxylation is 4. The van der Waals surface area contributed by atoms with Gasteiger partial charge in [-0.3, -0.25) is 14.3 Å². The number of nitrogens with zero attached hydrogens (tertiary/aromatic N) is 10. The smallest absolute Gasteiger partial charge is 0.166 e. The highest BCUT2D eigenvalue weighted by Gasteiger charge is 2.25. The van der Waals surface area contributed by atoms with Crippen LogP contribution < -0.4 is 20.9 Å². The maximum Gasteiger partial charge on any atom is 0.166 e. The largest absolute Gasteiger partial charge is 0.485 e. The van der Waals surface area contributed by atoms with Gasteiger partial charge in [-0.25, -0.2) is 19.3 Å². The van der Waals surface area contributed by atoms with Crippen molar-refractivity contribution in [2.24, 2.45) is 7.05 Å². The van der Waals surface area contributed by atoms with Crippen molar-refractivity contribution in [1.82, 2.24) is 44.1 Å². The molecule has 10 rings (SSSR count). The number of aromatic nitrogens is 9. The van der Waals surface area contributed by atoms with Crippen LogP contribution in [-0.2, 0) is 33.2 Å². The number of hydrogen-bond acceptors (Lipinski definition) is 11. The first kappa shape index (κ1) is 41.9. The third kappa shape index (κ3) is 7.94. The highest BCUT2D eigenvalue weighted by molar-refractivity contribution is 5.73. The number of nitriles is 1. The van der Waals surface area contributed by atoms with Crippen LogP contribution in [0.4, 0.5) is 16.0 Å². The number of imidazole rings is 1. The van der Waals surface area contributed by atoms with Crippen molar-refractivity contribution in [2.75, 3.05) is 11.5 Å². The van der Waals surface area contributed by atoms with Gasteiger partial charge in [-0.1, -0.05) is 55.0 Å². The fourth-order valence-corrected chi connectivity index (χ4v) is 8.24. The molecule has 4 N–H and O–H groups in total. The van der Waals surface area contributed by atoms with Gasteiger partial charge < -0.3 is 25.5 Å². The van der Waals surface area contributed by atoms with E-state index in [1.165, 1.54) is 17.8 Å². The average Bonchev–Trinajstić information content (AvgIpc) is 3.97. The fraction of sp³-hybridized carbons (Fsp3) is 0.229. The Morgan fingerprint density at radius 2 is 1.52 bits per heavy atom. The van der Waals surface area contributed by atoms with Gasteiger partial charge in [0.1, 0.15) is 24.6 Å². The van der Waals surface area contributed by atoms with E-state index in [2.05, 4.69) is 69.3 Å². The number of nitrogens with two attached hydrogens (primary N) is 2. The lowest BCUT2D eigenvalue weighted by Gasteiger charge is -2.22. The lowest BCUT2D eigenvalue weighted by Crippen LogP contribution is -2.11. The predicted molar refractivity (Wildman–Crippen MR) is 240 cm³/mol. The molecule has 8 aromatic rings. The normalized spacial score (nSPS) is 13.5. The molecule has 0 saturated carbocycles. The van der Waals surface area contributed by atoms with Crippen molar-refractivity contribution in [1.29, 1.82) is 5.26 Å². The van der Waals surface area contributed by atoms with Crippen molar-refractivity contribution in [3.8, 4) is 62.6 Å². The third-order valence-electron chi connectivity index (χ3n) is 11.1. The minimum Gasteiger partial charge on any atom is -0.485 e. The first-order valence-electron chi connectivity index (χ1n) is 20.2. The van der Waals surface area contributed by atoms with Crippen molar-refractivity contribution >= 4 is 11.6 Å². The molecule has 0 saturated heterocycles. The summed E-state index contributed by atoms with van der Waals surface area (Å²) in [6.07, 6.45) is 10.5. The molecule has 1 atom stereocenters. The van der Waals surface area contributed by atoms with Crippen molar-refractivity contribution in [3.63, 3.8) is 0 Å². The van der Waals surface area contributed by atoms with Gasteiger partial charge in [-0.2, -0.15) is 15.5 Å². The van der Waals surface area contributed by atoms with Crippen LogP contribution in [0.25, 0.3) is 45.0 Å². The van der Waals surface area contributed by atoms with Crippen LogP contribution in [0.3, 0.4) is 0 Å². The van der Waals surface area contributed by atoms with Gasteiger partial charge in [0.15, 0.2) is 28.8 Å². The Morgan fingerprint density at radius 3 is 2.29 bits per heavy atom. The molecule has 0 amide bonds. The highest BCUT2D eigenvalue weighted by Crippen LogP contribution is 2.39. The molecule has 0 spiro atoms. The molecular formula is C48H47FN12O2. The number of benzene rings is 2. The number of hydrogen-bond donors (Lipinski definition) is 2. The molecule has 8 heterocycles. The van der Waals surface area contributed by atoms with Gasteiger partial charge >= 0.3 is 0 Å². The minimum absolute atomic E-state index is 0. The minimum atomic E-state index is -0.438. The lowest BCUT2D eigenvalue weighted by atomic mass is 9.95. The van der Waals surface area contributed by atoms with Gasteiger partial charge in [0, 0.05) is 83.1 Å². The number of ether oxygens (including phenoxy) is 2. The second-order valence-corrected chi connectivity index (χ2v) is 15.5. The first-order chi connectivity index (χ1) is 30.0.